The second kappa shape index (κ2) is 14.2. The van der Waals surface area contributed by atoms with E-state index in [2.05, 4.69) is 9.97 Å². The number of anilines is 2. The van der Waals surface area contributed by atoms with Crippen LogP contribution in [0.15, 0.2) is 48.8 Å². The summed E-state index contributed by atoms with van der Waals surface area (Å²) >= 11 is 0. The van der Waals surface area contributed by atoms with Crippen molar-refractivity contribution in [3.05, 3.63) is 76.6 Å². The van der Waals surface area contributed by atoms with E-state index in [9.17, 15) is 47.9 Å². The van der Waals surface area contributed by atoms with Crippen LogP contribution in [0.5, 0.6) is 5.75 Å². The summed E-state index contributed by atoms with van der Waals surface area (Å²) in [5.74, 6) is -0.609. The molecule has 0 bridgehead atoms. The Morgan fingerprint density at radius 1 is 0.878 bits per heavy atom. The third-order valence-electron chi connectivity index (χ3n) is 7.66. The molecule has 1 aliphatic rings. The molecule has 0 saturated carbocycles. The van der Waals surface area contributed by atoms with Gasteiger partial charge in [0.05, 0.1) is 53.1 Å². The van der Waals surface area contributed by atoms with Crippen LogP contribution in [-0.2, 0) is 39.6 Å². The largest absolute Gasteiger partial charge is 0.489 e. The van der Waals surface area contributed by atoms with Crippen LogP contribution in [0.25, 0.3) is 0 Å². The molecule has 49 heavy (non-hydrogen) atoms. The fourth-order valence-corrected chi connectivity index (χ4v) is 5.77. The summed E-state index contributed by atoms with van der Waals surface area (Å²) in [6.45, 7) is 4.66. The van der Waals surface area contributed by atoms with Crippen LogP contribution in [0.4, 0.5) is 51.1 Å². The van der Waals surface area contributed by atoms with Gasteiger partial charge in [-0.15, -0.1) is 0 Å². The topological polar surface area (TPSA) is 84.9 Å². The SMILES string of the molecule is CC(c1cc(C(F)(F)F)cc(C(F)(F)F)c1)N(Cc1cc(C(F)(F)F)ccc1N1C[C@@H](C)O[C@@H](C)C1)c1ncc(OCCS(C)(=O)=O)cn1. The first-order chi connectivity index (χ1) is 22.5. The number of hydrogen-bond acceptors (Lipinski definition) is 8. The van der Waals surface area contributed by atoms with Gasteiger partial charge < -0.3 is 19.3 Å². The zero-order chi connectivity index (χ0) is 36.5. The van der Waals surface area contributed by atoms with E-state index in [1.54, 1.807) is 18.7 Å². The fourth-order valence-electron chi connectivity index (χ4n) is 5.38. The Kier molecular flexibility index (Phi) is 11.0. The van der Waals surface area contributed by atoms with Crippen LogP contribution >= 0.6 is 0 Å². The number of nitrogens with zero attached hydrogens (tertiary/aromatic N) is 4. The second-order valence-corrected chi connectivity index (χ2v) is 14.1. The van der Waals surface area contributed by atoms with Crippen LogP contribution in [0, 0.1) is 0 Å². The van der Waals surface area contributed by atoms with E-state index in [0.29, 0.717) is 17.8 Å². The molecule has 0 spiro atoms. The minimum absolute atomic E-state index is 0.00511. The highest BCUT2D eigenvalue weighted by Gasteiger charge is 2.38. The van der Waals surface area contributed by atoms with E-state index in [1.807, 2.05) is 0 Å². The molecule has 3 aromatic rings. The molecular weight excluding hydrogens is 695 g/mol. The lowest BCUT2D eigenvalue weighted by Gasteiger charge is -2.39. The Balaban J connectivity index is 1.85. The van der Waals surface area contributed by atoms with Crippen molar-refractivity contribution in [2.45, 2.75) is 64.1 Å². The predicted molar refractivity (Wildman–Crippen MR) is 162 cm³/mol. The van der Waals surface area contributed by atoms with Gasteiger partial charge >= 0.3 is 18.5 Å². The number of aromatic nitrogens is 2. The average molecular weight is 729 g/mol. The van der Waals surface area contributed by atoms with Crippen molar-refractivity contribution >= 4 is 21.5 Å². The number of sulfone groups is 1. The summed E-state index contributed by atoms with van der Waals surface area (Å²) in [5, 5.41) is 0. The molecule has 270 valence electrons. The summed E-state index contributed by atoms with van der Waals surface area (Å²) < 4.78 is 159. The van der Waals surface area contributed by atoms with Gasteiger partial charge in [0.2, 0.25) is 5.95 Å². The highest BCUT2D eigenvalue weighted by atomic mass is 32.2. The lowest BCUT2D eigenvalue weighted by atomic mass is 9.98. The van der Waals surface area contributed by atoms with E-state index in [0.717, 1.165) is 30.8 Å². The molecule has 1 aliphatic heterocycles. The van der Waals surface area contributed by atoms with Crippen molar-refractivity contribution in [2.24, 2.45) is 0 Å². The van der Waals surface area contributed by atoms with Gasteiger partial charge in [-0.05, 0) is 68.3 Å². The van der Waals surface area contributed by atoms with E-state index in [-0.39, 0.29) is 61.0 Å². The van der Waals surface area contributed by atoms with Gasteiger partial charge in [0.1, 0.15) is 6.61 Å². The second-order valence-electron chi connectivity index (χ2n) is 11.8. The number of hydrogen-bond donors (Lipinski definition) is 0. The van der Waals surface area contributed by atoms with Crippen molar-refractivity contribution in [3.63, 3.8) is 0 Å². The van der Waals surface area contributed by atoms with Crippen molar-refractivity contribution in [3.8, 4) is 5.75 Å². The average Bonchev–Trinajstić information content (AvgIpc) is 2.97. The Labute approximate surface area is 276 Å². The fraction of sp³-hybridized carbons (Fsp3) is 0.484. The van der Waals surface area contributed by atoms with Crippen LogP contribution in [0.2, 0.25) is 0 Å². The van der Waals surface area contributed by atoms with E-state index >= 15 is 0 Å². The summed E-state index contributed by atoms with van der Waals surface area (Å²) in [7, 11) is -3.38. The summed E-state index contributed by atoms with van der Waals surface area (Å²) in [6.07, 6.45) is -12.5. The van der Waals surface area contributed by atoms with Crippen LogP contribution in [0.1, 0.15) is 54.6 Å². The quantitative estimate of drug-likeness (QED) is 0.201. The van der Waals surface area contributed by atoms with Crippen molar-refractivity contribution in [1.82, 2.24) is 9.97 Å². The number of ether oxygens (including phenoxy) is 2. The third-order valence-corrected chi connectivity index (χ3v) is 8.57. The standard InChI is InChI=1S/C31H33F9N4O4S/c1-18-15-43(16-19(2)48-18)27-6-5-23(29(32,33)34)11-22(27)17-44(28-41-13-26(14-42-28)47-7-8-49(4,45)46)20(3)21-9-24(30(35,36)37)12-25(10-21)31(38,39)40/h5-6,9-14,18-20H,7-8,15-17H2,1-4H3/t18-,19+,20?. The molecule has 2 heterocycles. The molecule has 8 nitrogen and oxygen atoms in total. The Morgan fingerprint density at radius 3 is 1.90 bits per heavy atom. The van der Waals surface area contributed by atoms with Gasteiger partial charge in [-0.25, -0.2) is 18.4 Å². The van der Waals surface area contributed by atoms with Gasteiger partial charge in [0, 0.05) is 31.6 Å². The summed E-state index contributed by atoms with van der Waals surface area (Å²) in [6, 6.07) is 2.71. The molecule has 18 heteroatoms. The first kappa shape index (κ1) is 38.0. The zero-order valence-corrected chi connectivity index (χ0v) is 27.4. The first-order valence-corrected chi connectivity index (χ1v) is 16.9. The molecule has 1 unspecified atom stereocenters. The third kappa shape index (κ3) is 10.1. The number of rotatable bonds is 10. The van der Waals surface area contributed by atoms with Gasteiger partial charge in [0.15, 0.2) is 15.6 Å². The van der Waals surface area contributed by atoms with Gasteiger partial charge in [0.25, 0.3) is 0 Å². The number of benzene rings is 2. The Morgan fingerprint density at radius 2 is 1.41 bits per heavy atom. The first-order valence-electron chi connectivity index (χ1n) is 14.8. The van der Waals surface area contributed by atoms with E-state index in [1.165, 1.54) is 17.9 Å². The lowest BCUT2D eigenvalue weighted by Crippen LogP contribution is -2.46. The van der Waals surface area contributed by atoms with E-state index in [4.69, 9.17) is 9.47 Å². The lowest BCUT2D eigenvalue weighted by molar-refractivity contribution is -0.143. The molecule has 1 saturated heterocycles. The molecule has 1 aromatic heterocycles. The maximum Gasteiger partial charge on any atom is 0.416 e. The number of morpholine rings is 1. The maximum absolute atomic E-state index is 13.9. The molecule has 0 N–H and O–H groups in total. The van der Waals surface area contributed by atoms with Crippen LogP contribution in [-0.4, -0.2) is 62.3 Å². The molecular formula is C31H33F9N4O4S. The van der Waals surface area contributed by atoms with Crippen LogP contribution < -0.4 is 14.5 Å². The van der Waals surface area contributed by atoms with E-state index < -0.39 is 63.2 Å². The van der Waals surface area contributed by atoms with Crippen molar-refractivity contribution < 1.29 is 57.4 Å². The Bertz CT molecular complexity index is 1670. The molecule has 0 radical (unpaired) electrons. The normalized spacial score (nSPS) is 18.3. The summed E-state index contributed by atoms with van der Waals surface area (Å²) in [5.41, 5.74) is -4.24. The number of halogens is 9. The molecule has 0 aliphatic carbocycles. The van der Waals surface area contributed by atoms with Crippen molar-refractivity contribution in [2.75, 3.05) is 41.5 Å². The molecule has 2 aromatic carbocycles. The molecule has 4 rings (SSSR count). The minimum atomic E-state index is -5.15. The molecule has 3 atom stereocenters. The molecule has 1 fully saturated rings. The van der Waals surface area contributed by atoms with Gasteiger partial charge in [-0.2, -0.15) is 39.5 Å². The Hall–Kier alpha value is -3.80. The monoisotopic (exact) mass is 728 g/mol. The highest BCUT2D eigenvalue weighted by molar-refractivity contribution is 7.90. The van der Waals surface area contributed by atoms with Gasteiger partial charge in [-0.3, -0.25) is 0 Å². The van der Waals surface area contributed by atoms with Crippen molar-refractivity contribution in [1.29, 1.82) is 0 Å². The summed E-state index contributed by atoms with van der Waals surface area (Å²) in [4.78, 5) is 11.3. The van der Waals surface area contributed by atoms with Gasteiger partial charge in [-0.1, -0.05) is 0 Å². The molecule has 0 amide bonds. The minimum Gasteiger partial charge on any atom is -0.489 e. The number of alkyl halides is 9. The maximum atomic E-state index is 13.9. The highest BCUT2D eigenvalue weighted by Crippen LogP contribution is 2.40. The predicted octanol–water partition coefficient (Wildman–Crippen LogP) is 7.34. The van der Waals surface area contributed by atoms with Crippen LogP contribution in [0.3, 0.4) is 0 Å². The smallest absolute Gasteiger partial charge is 0.416 e. The zero-order valence-electron chi connectivity index (χ0n) is 26.6.